The molecule has 1 aromatic heterocycles. The zero-order chi connectivity index (χ0) is 11.7. The fraction of sp³-hybridized carbons (Fsp3) is 0.400. The van der Waals surface area contributed by atoms with Crippen molar-refractivity contribution in [2.75, 3.05) is 11.4 Å². The van der Waals surface area contributed by atoms with E-state index >= 15 is 0 Å². The molecule has 0 unspecified atom stereocenters. The predicted octanol–water partition coefficient (Wildman–Crippen LogP) is 2.82. The van der Waals surface area contributed by atoms with Crippen molar-refractivity contribution < 1.29 is 5.11 Å². The summed E-state index contributed by atoms with van der Waals surface area (Å²) in [6, 6.07) is 1.52. The first kappa shape index (κ1) is 11.5. The molecule has 1 aliphatic heterocycles. The van der Waals surface area contributed by atoms with Crippen molar-refractivity contribution in [3.05, 3.63) is 28.8 Å². The fourth-order valence-electron chi connectivity index (χ4n) is 1.91. The summed E-state index contributed by atoms with van der Waals surface area (Å²) < 4.78 is 0. The Morgan fingerprint density at radius 2 is 2.25 bits per heavy atom. The SMILES string of the molecule is C=C(O)[C@H]1CCCN1c1cc(Cl)nc(Cl)n1. The highest BCUT2D eigenvalue weighted by Gasteiger charge is 2.28. The summed E-state index contributed by atoms with van der Waals surface area (Å²) in [5, 5.41) is 9.88. The number of aliphatic hydroxyl groups is 1. The molecule has 2 heterocycles. The number of aromatic nitrogens is 2. The van der Waals surface area contributed by atoms with Crippen molar-refractivity contribution in [3.63, 3.8) is 0 Å². The van der Waals surface area contributed by atoms with Gasteiger partial charge in [0.15, 0.2) is 0 Å². The van der Waals surface area contributed by atoms with Crippen LogP contribution in [0.5, 0.6) is 0 Å². The van der Waals surface area contributed by atoms with E-state index in [2.05, 4.69) is 16.5 Å². The molecule has 0 bridgehead atoms. The fourth-order valence-corrected chi connectivity index (χ4v) is 2.31. The zero-order valence-corrected chi connectivity index (χ0v) is 10.0. The standard InChI is InChI=1S/C10H11Cl2N3O/c1-6(16)7-3-2-4-15(7)9-5-8(11)13-10(12)14-9/h5,7,16H,1-4H2/t7-/m1/s1. The Morgan fingerprint density at radius 3 is 2.88 bits per heavy atom. The van der Waals surface area contributed by atoms with Crippen LogP contribution in [0.15, 0.2) is 18.4 Å². The Hall–Kier alpha value is -1.000. The van der Waals surface area contributed by atoms with Gasteiger partial charge in [-0.2, -0.15) is 0 Å². The number of aliphatic hydroxyl groups excluding tert-OH is 1. The summed E-state index contributed by atoms with van der Waals surface area (Å²) in [5.74, 6) is 0.769. The zero-order valence-electron chi connectivity index (χ0n) is 8.53. The normalized spacial score (nSPS) is 20.1. The van der Waals surface area contributed by atoms with Crippen LogP contribution in [0, 0.1) is 0 Å². The van der Waals surface area contributed by atoms with Gasteiger partial charge in [0.1, 0.15) is 16.7 Å². The molecule has 0 aliphatic carbocycles. The smallest absolute Gasteiger partial charge is 0.225 e. The average molecular weight is 260 g/mol. The molecule has 0 spiro atoms. The highest BCUT2D eigenvalue weighted by Crippen LogP contribution is 2.28. The van der Waals surface area contributed by atoms with E-state index in [0.29, 0.717) is 11.0 Å². The molecule has 4 nitrogen and oxygen atoms in total. The Balaban J connectivity index is 2.32. The van der Waals surface area contributed by atoms with Crippen molar-refractivity contribution in [3.8, 4) is 0 Å². The van der Waals surface area contributed by atoms with Gasteiger partial charge in [0.2, 0.25) is 5.28 Å². The van der Waals surface area contributed by atoms with Crippen molar-refractivity contribution in [1.29, 1.82) is 0 Å². The Labute approximate surface area is 104 Å². The van der Waals surface area contributed by atoms with Gasteiger partial charge in [-0.15, -0.1) is 0 Å². The van der Waals surface area contributed by atoms with E-state index in [0.717, 1.165) is 19.4 Å². The van der Waals surface area contributed by atoms with Gasteiger partial charge in [-0.3, -0.25) is 0 Å². The second-order valence-electron chi connectivity index (χ2n) is 3.66. The van der Waals surface area contributed by atoms with Crippen LogP contribution in [0.4, 0.5) is 5.82 Å². The maximum absolute atomic E-state index is 9.48. The van der Waals surface area contributed by atoms with Gasteiger partial charge < -0.3 is 10.0 Å². The van der Waals surface area contributed by atoms with Gasteiger partial charge in [-0.25, -0.2) is 9.97 Å². The molecular weight excluding hydrogens is 249 g/mol. The van der Waals surface area contributed by atoms with Crippen LogP contribution in [0.1, 0.15) is 12.8 Å². The minimum atomic E-state index is -0.109. The minimum Gasteiger partial charge on any atom is -0.511 e. The molecule has 1 atom stereocenters. The maximum atomic E-state index is 9.48. The highest BCUT2D eigenvalue weighted by molar-refractivity contribution is 6.32. The molecule has 1 fully saturated rings. The van der Waals surface area contributed by atoms with E-state index in [1.54, 1.807) is 6.07 Å². The first-order valence-corrected chi connectivity index (χ1v) is 5.68. The monoisotopic (exact) mass is 259 g/mol. The van der Waals surface area contributed by atoms with E-state index < -0.39 is 0 Å². The second-order valence-corrected chi connectivity index (χ2v) is 4.39. The van der Waals surface area contributed by atoms with Crippen LogP contribution < -0.4 is 4.90 Å². The summed E-state index contributed by atoms with van der Waals surface area (Å²) in [6.07, 6.45) is 1.83. The molecule has 0 radical (unpaired) electrons. The van der Waals surface area contributed by atoms with Crippen molar-refractivity contribution >= 4 is 29.0 Å². The Morgan fingerprint density at radius 1 is 1.50 bits per heavy atom. The largest absolute Gasteiger partial charge is 0.511 e. The predicted molar refractivity (Wildman–Crippen MR) is 64.2 cm³/mol. The van der Waals surface area contributed by atoms with Crippen LogP contribution in [-0.2, 0) is 0 Å². The van der Waals surface area contributed by atoms with Gasteiger partial charge >= 0.3 is 0 Å². The molecule has 86 valence electrons. The first-order chi connectivity index (χ1) is 7.58. The summed E-state index contributed by atoms with van der Waals surface area (Å²) >= 11 is 11.5. The molecular formula is C10H11Cl2N3O. The van der Waals surface area contributed by atoms with Crippen LogP contribution in [0.25, 0.3) is 0 Å². The number of hydrogen-bond acceptors (Lipinski definition) is 4. The van der Waals surface area contributed by atoms with Crippen LogP contribution in [-0.4, -0.2) is 27.7 Å². The third kappa shape index (κ3) is 2.23. The topological polar surface area (TPSA) is 49.2 Å². The van der Waals surface area contributed by atoms with Gasteiger partial charge in [-0.05, 0) is 24.4 Å². The van der Waals surface area contributed by atoms with Crippen LogP contribution in [0.3, 0.4) is 0 Å². The Kier molecular flexibility index (Phi) is 3.21. The summed E-state index contributed by atoms with van der Waals surface area (Å²) in [5.41, 5.74) is 0. The molecule has 16 heavy (non-hydrogen) atoms. The summed E-state index contributed by atoms with van der Waals surface area (Å²) in [6.45, 7) is 4.36. The number of hydrogen-bond donors (Lipinski definition) is 1. The molecule has 1 aliphatic rings. The molecule has 6 heteroatoms. The third-order valence-electron chi connectivity index (χ3n) is 2.59. The van der Waals surface area contributed by atoms with Gasteiger partial charge in [0, 0.05) is 12.6 Å². The lowest BCUT2D eigenvalue weighted by atomic mass is 10.2. The van der Waals surface area contributed by atoms with Gasteiger partial charge in [-0.1, -0.05) is 18.2 Å². The summed E-state index contributed by atoms with van der Waals surface area (Å²) in [7, 11) is 0. The molecule has 0 amide bonds. The number of anilines is 1. The number of rotatable bonds is 2. The van der Waals surface area contributed by atoms with Crippen molar-refractivity contribution in [1.82, 2.24) is 9.97 Å². The lowest BCUT2D eigenvalue weighted by Crippen LogP contribution is -2.31. The van der Waals surface area contributed by atoms with Crippen LogP contribution >= 0.6 is 23.2 Å². The van der Waals surface area contributed by atoms with E-state index in [1.165, 1.54) is 0 Å². The van der Waals surface area contributed by atoms with Crippen molar-refractivity contribution in [2.45, 2.75) is 18.9 Å². The first-order valence-electron chi connectivity index (χ1n) is 4.92. The lowest BCUT2D eigenvalue weighted by Gasteiger charge is -2.24. The van der Waals surface area contributed by atoms with E-state index in [-0.39, 0.29) is 17.1 Å². The third-order valence-corrected chi connectivity index (χ3v) is 2.95. The maximum Gasteiger partial charge on any atom is 0.225 e. The van der Waals surface area contributed by atoms with E-state index in [4.69, 9.17) is 23.2 Å². The number of halogens is 2. The minimum absolute atomic E-state index is 0.108. The number of nitrogens with zero attached hydrogens (tertiary/aromatic N) is 3. The van der Waals surface area contributed by atoms with E-state index in [1.807, 2.05) is 4.90 Å². The quantitative estimate of drug-likeness (QED) is 0.504. The second kappa shape index (κ2) is 4.47. The average Bonchev–Trinajstić information content (AvgIpc) is 2.63. The van der Waals surface area contributed by atoms with E-state index in [9.17, 15) is 5.11 Å². The molecule has 0 saturated carbocycles. The molecule has 2 rings (SSSR count). The van der Waals surface area contributed by atoms with Crippen LogP contribution in [0.2, 0.25) is 10.4 Å². The molecule has 1 aromatic rings. The molecule has 1 saturated heterocycles. The molecule has 1 N–H and O–H groups in total. The van der Waals surface area contributed by atoms with Crippen molar-refractivity contribution in [2.24, 2.45) is 0 Å². The lowest BCUT2D eigenvalue weighted by molar-refractivity contribution is 0.369. The van der Waals surface area contributed by atoms with Gasteiger partial charge in [0.25, 0.3) is 0 Å². The Bertz CT molecular complexity index is 404. The summed E-state index contributed by atoms with van der Waals surface area (Å²) in [4.78, 5) is 9.81. The highest BCUT2D eigenvalue weighted by atomic mass is 35.5. The molecule has 0 aromatic carbocycles. The van der Waals surface area contributed by atoms with Gasteiger partial charge in [0.05, 0.1) is 6.04 Å².